The van der Waals surface area contributed by atoms with Crippen LogP contribution >= 0.6 is 0 Å². The highest BCUT2D eigenvalue weighted by Crippen LogP contribution is 2.36. The van der Waals surface area contributed by atoms with Crippen LogP contribution in [0.3, 0.4) is 0 Å². The van der Waals surface area contributed by atoms with E-state index < -0.39 is 0 Å². The van der Waals surface area contributed by atoms with Gasteiger partial charge in [-0.3, -0.25) is 9.63 Å². The molecular formula is C13H25NO2. The molecule has 1 aliphatic rings. The molecule has 0 amide bonds. The number of unbranched alkanes of at least 4 members (excludes halogenated alkanes) is 1. The monoisotopic (exact) mass is 227 g/mol. The zero-order valence-electron chi connectivity index (χ0n) is 11.3. The molecule has 0 N–H and O–H groups in total. The summed E-state index contributed by atoms with van der Waals surface area (Å²) >= 11 is 0. The summed E-state index contributed by atoms with van der Waals surface area (Å²) in [5, 5.41) is 2.04. The number of hydroxylamine groups is 2. The first-order valence-electron chi connectivity index (χ1n) is 6.24. The van der Waals surface area contributed by atoms with Crippen molar-refractivity contribution in [3.63, 3.8) is 0 Å². The first kappa shape index (κ1) is 13.7. The van der Waals surface area contributed by atoms with Crippen LogP contribution in [0.1, 0.15) is 60.3 Å². The van der Waals surface area contributed by atoms with E-state index >= 15 is 0 Å². The standard InChI is InChI=1S/C13H25NO2/c1-6-7-8-16-14-12(2,3)9-11(15)10-13(14,4)5/h6-10H2,1-5H3. The molecule has 3 nitrogen and oxygen atoms in total. The lowest BCUT2D eigenvalue weighted by Gasteiger charge is -2.50. The summed E-state index contributed by atoms with van der Waals surface area (Å²) in [6.45, 7) is 11.2. The number of piperidine rings is 1. The minimum atomic E-state index is -0.188. The molecule has 1 aliphatic heterocycles. The second kappa shape index (κ2) is 4.84. The maximum Gasteiger partial charge on any atom is 0.136 e. The largest absolute Gasteiger partial charge is 0.300 e. The Balaban J connectivity index is 2.72. The first-order chi connectivity index (χ1) is 7.29. The molecule has 0 saturated carbocycles. The molecule has 0 bridgehead atoms. The Kier molecular flexibility index (Phi) is 4.13. The molecule has 0 aromatic carbocycles. The highest BCUT2D eigenvalue weighted by molar-refractivity contribution is 5.81. The Morgan fingerprint density at radius 3 is 2.12 bits per heavy atom. The highest BCUT2D eigenvalue weighted by Gasteiger charge is 2.45. The molecule has 0 atom stereocenters. The number of Topliss-reactive ketones (excluding diaryl/α,β-unsaturated/α-hetero) is 1. The van der Waals surface area contributed by atoms with Gasteiger partial charge in [-0.2, -0.15) is 5.06 Å². The van der Waals surface area contributed by atoms with Crippen LogP contribution in [-0.4, -0.2) is 28.5 Å². The van der Waals surface area contributed by atoms with Crippen LogP contribution in [0.4, 0.5) is 0 Å². The van der Waals surface area contributed by atoms with Gasteiger partial charge in [-0.25, -0.2) is 0 Å². The van der Waals surface area contributed by atoms with E-state index in [9.17, 15) is 4.79 Å². The average molecular weight is 227 g/mol. The zero-order valence-corrected chi connectivity index (χ0v) is 11.3. The Morgan fingerprint density at radius 1 is 1.19 bits per heavy atom. The highest BCUT2D eigenvalue weighted by atomic mass is 16.7. The Bertz CT molecular complexity index is 239. The molecule has 1 heterocycles. The van der Waals surface area contributed by atoms with E-state index in [2.05, 4.69) is 34.6 Å². The van der Waals surface area contributed by atoms with Gasteiger partial charge in [0.1, 0.15) is 5.78 Å². The van der Waals surface area contributed by atoms with E-state index in [0.29, 0.717) is 18.6 Å². The Hall–Kier alpha value is -0.410. The summed E-state index contributed by atoms with van der Waals surface area (Å²) in [6, 6.07) is 0. The molecule has 16 heavy (non-hydrogen) atoms. The topological polar surface area (TPSA) is 29.5 Å². The van der Waals surface area contributed by atoms with Crippen molar-refractivity contribution in [2.24, 2.45) is 0 Å². The molecule has 94 valence electrons. The second-order valence-electron chi connectivity index (χ2n) is 6.00. The maximum atomic E-state index is 11.7. The molecule has 0 unspecified atom stereocenters. The summed E-state index contributed by atoms with van der Waals surface area (Å²) in [7, 11) is 0. The smallest absolute Gasteiger partial charge is 0.136 e. The molecule has 0 aliphatic carbocycles. The number of carbonyl (C=O) groups excluding carboxylic acids is 1. The maximum absolute atomic E-state index is 11.7. The summed E-state index contributed by atoms with van der Waals surface area (Å²) in [6.07, 6.45) is 3.37. The van der Waals surface area contributed by atoms with Crippen molar-refractivity contribution in [2.45, 2.75) is 71.4 Å². The van der Waals surface area contributed by atoms with Crippen LogP contribution in [0.25, 0.3) is 0 Å². The fourth-order valence-electron chi connectivity index (χ4n) is 2.64. The molecule has 0 aromatic heterocycles. The van der Waals surface area contributed by atoms with Gasteiger partial charge in [0.2, 0.25) is 0 Å². The minimum Gasteiger partial charge on any atom is -0.300 e. The first-order valence-corrected chi connectivity index (χ1v) is 6.24. The van der Waals surface area contributed by atoms with Crippen LogP contribution < -0.4 is 0 Å². The SMILES string of the molecule is CCCCON1C(C)(C)CC(=O)CC1(C)C. The molecular weight excluding hydrogens is 202 g/mol. The van der Waals surface area contributed by atoms with Gasteiger partial charge in [-0.1, -0.05) is 13.3 Å². The lowest BCUT2D eigenvalue weighted by molar-refractivity contribution is -0.274. The van der Waals surface area contributed by atoms with Crippen molar-refractivity contribution in [3.05, 3.63) is 0 Å². The number of carbonyl (C=O) groups is 1. The molecule has 0 radical (unpaired) electrons. The van der Waals surface area contributed by atoms with Gasteiger partial charge in [0.05, 0.1) is 6.61 Å². The summed E-state index contributed by atoms with van der Waals surface area (Å²) in [4.78, 5) is 17.6. The van der Waals surface area contributed by atoms with Crippen LogP contribution in [0.2, 0.25) is 0 Å². The van der Waals surface area contributed by atoms with Gasteiger partial charge >= 0.3 is 0 Å². The van der Waals surface area contributed by atoms with Crippen LogP contribution in [0, 0.1) is 0 Å². The number of ketones is 1. The van der Waals surface area contributed by atoms with Gasteiger partial charge in [0, 0.05) is 23.9 Å². The molecule has 1 rings (SSSR count). The van der Waals surface area contributed by atoms with Crippen molar-refractivity contribution in [1.29, 1.82) is 0 Å². The van der Waals surface area contributed by atoms with Crippen molar-refractivity contribution in [2.75, 3.05) is 6.61 Å². The average Bonchev–Trinajstić information content (AvgIpc) is 2.07. The quantitative estimate of drug-likeness (QED) is 0.692. The van der Waals surface area contributed by atoms with Crippen LogP contribution in [0.5, 0.6) is 0 Å². The number of nitrogens with zero attached hydrogens (tertiary/aromatic N) is 1. The van der Waals surface area contributed by atoms with Crippen molar-refractivity contribution in [3.8, 4) is 0 Å². The van der Waals surface area contributed by atoms with E-state index in [1.807, 2.05) is 5.06 Å². The predicted molar refractivity (Wildman–Crippen MR) is 65.1 cm³/mol. The minimum absolute atomic E-state index is 0.188. The van der Waals surface area contributed by atoms with E-state index in [1.165, 1.54) is 0 Å². The molecule has 0 aromatic rings. The van der Waals surface area contributed by atoms with E-state index in [4.69, 9.17) is 4.84 Å². The van der Waals surface area contributed by atoms with Crippen LogP contribution in [0.15, 0.2) is 0 Å². The fourth-order valence-corrected chi connectivity index (χ4v) is 2.64. The molecule has 3 heteroatoms. The fraction of sp³-hybridized carbons (Fsp3) is 0.923. The normalized spacial score (nSPS) is 24.7. The third-order valence-corrected chi connectivity index (χ3v) is 3.08. The molecule has 0 spiro atoms. The van der Waals surface area contributed by atoms with Gasteiger partial charge in [0.15, 0.2) is 0 Å². The Morgan fingerprint density at radius 2 is 1.69 bits per heavy atom. The van der Waals surface area contributed by atoms with Crippen molar-refractivity contribution < 1.29 is 9.63 Å². The van der Waals surface area contributed by atoms with E-state index in [1.54, 1.807) is 0 Å². The van der Waals surface area contributed by atoms with Gasteiger partial charge < -0.3 is 0 Å². The van der Waals surface area contributed by atoms with Crippen LogP contribution in [-0.2, 0) is 9.63 Å². The summed E-state index contributed by atoms with van der Waals surface area (Å²) < 4.78 is 0. The van der Waals surface area contributed by atoms with Gasteiger partial charge in [0.25, 0.3) is 0 Å². The predicted octanol–water partition coefficient (Wildman–Crippen LogP) is 2.94. The number of rotatable bonds is 4. The molecule has 1 saturated heterocycles. The second-order valence-corrected chi connectivity index (χ2v) is 6.00. The van der Waals surface area contributed by atoms with E-state index in [-0.39, 0.29) is 11.1 Å². The third kappa shape index (κ3) is 3.05. The van der Waals surface area contributed by atoms with Gasteiger partial charge in [-0.05, 0) is 34.1 Å². The van der Waals surface area contributed by atoms with E-state index in [0.717, 1.165) is 19.4 Å². The lowest BCUT2D eigenvalue weighted by atomic mass is 9.81. The van der Waals surface area contributed by atoms with Crippen molar-refractivity contribution >= 4 is 5.78 Å². The zero-order chi connectivity index (χ0) is 12.4. The summed E-state index contributed by atoms with van der Waals surface area (Å²) in [5.41, 5.74) is -0.376. The Labute approximate surface area is 99.1 Å². The molecule has 1 fully saturated rings. The lowest BCUT2D eigenvalue weighted by Crippen LogP contribution is -2.60. The van der Waals surface area contributed by atoms with Gasteiger partial charge in [-0.15, -0.1) is 0 Å². The summed E-state index contributed by atoms with van der Waals surface area (Å²) in [5.74, 6) is 0.338. The van der Waals surface area contributed by atoms with Crippen molar-refractivity contribution in [1.82, 2.24) is 5.06 Å². The number of hydrogen-bond donors (Lipinski definition) is 0. The third-order valence-electron chi connectivity index (χ3n) is 3.08. The number of hydrogen-bond acceptors (Lipinski definition) is 3.